The maximum Gasteiger partial charge on any atom is 0.167 e. The van der Waals surface area contributed by atoms with Gasteiger partial charge < -0.3 is 4.55 Å². The van der Waals surface area contributed by atoms with E-state index in [1.54, 1.807) is 0 Å². The van der Waals surface area contributed by atoms with Crippen molar-refractivity contribution in [2.24, 2.45) is 4.99 Å². The first-order valence-electron chi connectivity index (χ1n) is 8.75. The van der Waals surface area contributed by atoms with E-state index in [0.717, 1.165) is 49.8 Å². The SMILES string of the molecule is O=S(O)CN1CCN(N2Cc3ccccc3N=C2c2ccccc2)CC1. The topological polar surface area (TPSA) is 59.4 Å². The first-order valence-corrected chi connectivity index (χ1v) is 10.0. The van der Waals surface area contributed by atoms with Crippen molar-refractivity contribution in [2.75, 3.05) is 32.1 Å². The molecule has 2 aliphatic rings. The molecule has 2 aromatic carbocycles. The van der Waals surface area contributed by atoms with Gasteiger partial charge >= 0.3 is 0 Å². The molecule has 0 bridgehead atoms. The number of benzene rings is 2. The number of rotatable bonds is 4. The van der Waals surface area contributed by atoms with Crippen molar-refractivity contribution in [1.82, 2.24) is 14.9 Å². The van der Waals surface area contributed by atoms with Crippen molar-refractivity contribution in [1.29, 1.82) is 0 Å². The summed E-state index contributed by atoms with van der Waals surface area (Å²) in [6, 6.07) is 18.5. The summed E-state index contributed by atoms with van der Waals surface area (Å²) in [5, 5.41) is 4.56. The molecule has 2 heterocycles. The molecule has 1 unspecified atom stereocenters. The molecular weight excluding hydrogens is 348 g/mol. The van der Waals surface area contributed by atoms with Crippen LogP contribution >= 0.6 is 0 Å². The van der Waals surface area contributed by atoms with Gasteiger partial charge in [0.15, 0.2) is 16.9 Å². The summed E-state index contributed by atoms with van der Waals surface area (Å²) in [5.41, 5.74) is 3.34. The number of amidine groups is 1. The Morgan fingerprint density at radius 2 is 1.65 bits per heavy atom. The molecule has 2 aliphatic heterocycles. The van der Waals surface area contributed by atoms with Gasteiger partial charge in [0.1, 0.15) is 5.88 Å². The van der Waals surface area contributed by atoms with Crippen molar-refractivity contribution in [3.05, 3.63) is 65.7 Å². The van der Waals surface area contributed by atoms with E-state index < -0.39 is 11.1 Å². The summed E-state index contributed by atoms with van der Waals surface area (Å²) in [4.78, 5) is 6.97. The standard InChI is InChI=1S/C19H22N4O2S/c24-26(25)15-21-10-12-22(13-11-21)23-14-17-8-4-5-9-18(17)20-19(23)16-6-2-1-3-7-16/h1-9H,10-15H2,(H,24,25). The van der Waals surface area contributed by atoms with Crippen LogP contribution in [-0.2, 0) is 17.6 Å². The lowest BCUT2D eigenvalue weighted by Gasteiger charge is -2.43. The van der Waals surface area contributed by atoms with Gasteiger partial charge in [0.05, 0.1) is 12.2 Å². The van der Waals surface area contributed by atoms with Crippen molar-refractivity contribution >= 4 is 22.6 Å². The molecule has 2 aromatic rings. The molecule has 6 nitrogen and oxygen atoms in total. The summed E-state index contributed by atoms with van der Waals surface area (Å²) in [5.74, 6) is 1.18. The second-order valence-corrected chi connectivity index (χ2v) is 7.41. The second kappa shape index (κ2) is 7.67. The highest BCUT2D eigenvalue weighted by Gasteiger charge is 2.29. The molecule has 1 N–H and O–H groups in total. The van der Waals surface area contributed by atoms with Gasteiger partial charge in [-0.05, 0) is 11.6 Å². The molecule has 136 valence electrons. The molecule has 26 heavy (non-hydrogen) atoms. The number of aliphatic imine (C=N–C) groups is 1. The van der Waals surface area contributed by atoms with Crippen LogP contribution in [0.2, 0.25) is 0 Å². The largest absolute Gasteiger partial charge is 0.305 e. The number of hydrogen-bond acceptors (Lipinski definition) is 5. The second-order valence-electron chi connectivity index (χ2n) is 6.51. The number of para-hydroxylation sites is 1. The lowest BCUT2D eigenvalue weighted by molar-refractivity contribution is -0.00541. The van der Waals surface area contributed by atoms with Gasteiger partial charge in [-0.3, -0.25) is 9.91 Å². The fourth-order valence-electron chi connectivity index (χ4n) is 3.46. The third-order valence-corrected chi connectivity index (χ3v) is 5.38. The predicted octanol–water partition coefficient (Wildman–Crippen LogP) is 2.29. The van der Waals surface area contributed by atoms with E-state index in [1.807, 2.05) is 29.2 Å². The smallest absolute Gasteiger partial charge is 0.167 e. The molecule has 1 saturated heterocycles. The van der Waals surface area contributed by atoms with Crippen LogP contribution in [0.1, 0.15) is 11.1 Å². The van der Waals surface area contributed by atoms with Crippen LogP contribution < -0.4 is 0 Å². The first kappa shape index (κ1) is 17.4. The van der Waals surface area contributed by atoms with Crippen LogP contribution in [0.15, 0.2) is 59.6 Å². The molecule has 0 aliphatic carbocycles. The number of fused-ring (bicyclic) bond motifs is 1. The summed E-state index contributed by atoms with van der Waals surface area (Å²) in [6.45, 7) is 3.95. The molecule has 0 radical (unpaired) electrons. The highest BCUT2D eigenvalue weighted by Crippen LogP contribution is 2.29. The Morgan fingerprint density at radius 1 is 0.962 bits per heavy atom. The van der Waals surface area contributed by atoms with Gasteiger partial charge in [0.2, 0.25) is 0 Å². The van der Waals surface area contributed by atoms with Crippen molar-refractivity contribution in [3.8, 4) is 0 Å². The molecule has 7 heteroatoms. The number of nitrogens with zero attached hydrogens (tertiary/aromatic N) is 4. The van der Waals surface area contributed by atoms with Gasteiger partial charge in [-0.2, -0.15) is 0 Å². The summed E-state index contributed by atoms with van der Waals surface area (Å²) < 4.78 is 20.2. The Kier molecular flexibility index (Phi) is 5.12. The molecule has 0 aromatic heterocycles. The fraction of sp³-hybridized carbons (Fsp3) is 0.316. The molecule has 1 fully saturated rings. The Balaban J connectivity index is 1.60. The van der Waals surface area contributed by atoms with E-state index in [4.69, 9.17) is 9.55 Å². The zero-order valence-corrected chi connectivity index (χ0v) is 15.3. The predicted molar refractivity (Wildman–Crippen MR) is 103 cm³/mol. The average molecular weight is 370 g/mol. The monoisotopic (exact) mass is 370 g/mol. The maximum absolute atomic E-state index is 11.1. The summed E-state index contributed by atoms with van der Waals surface area (Å²) in [6.07, 6.45) is 0. The van der Waals surface area contributed by atoms with Crippen LogP contribution in [-0.4, -0.2) is 61.6 Å². The third kappa shape index (κ3) is 3.71. The molecule has 0 saturated carbocycles. The van der Waals surface area contributed by atoms with Gasteiger partial charge in [-0.25, -0.2) is 14.2 Å². The minimum Gasteiger partial charge on any atom is -0.305 e. The van der Waals surface area contributed by atoms with Crippen LogP contribution in [0, 0.1) is 0 Å². The van der Waals surface area contributed by atoms with Crippen molar-refractivity contribution in [3.63, 3.8) is 0 Å². The van der Waals surface area contributed by atoms with Gasteiger partial charge in [0, 0.05) is 31.7 Å². The van der Waals surface area contributed by atoms with E-state index in [9.17, 15) is 4.21 Å². The van der Waals surface area contributed by atoms with E-state index in [-0.39, 0.29) is 5.88 Å². The number of hydrogen-bond donors (Lipinski definition) is 1. The van der Waals surface area contributed by atoms with Gasteiger partial charge in [0.25, 0.3) is 0 Å². The highest BCUT2D eigenvalue weighted by atomic mass is 32.2. The Bertz CT molecular complexity index is 819. The van der Waals surface area contributed by atoms with Crippen LogP contribution in [0.3, 0.4) is 0 Å². The molecule has 1 atom stereocenters. The van der Waals surface area contributed by atoms with Crippen LogP contribution in [0.4, 0.5) is 5.69 Å². The third-order valence-electron chi connectivity index (χ3n) is 4.80. The zero-order valence-electron chi connectivity index (χ0n) is 14.5. The van der Waals surface area contributed by atoms with Crippen molar-refractivity contribution in [2.45, 2.75) is 6.54 Å². The normalized spacial score (nSPS) is 19.7. The molecular formula is C19H22N4O2S. The Hall–Kier alpha value is -2.06. The van der Waals surface area contributed by atoms with Crippen LogP contribution in [0.5, 0.6) is 0 Å². The van der Waals surface area contributed by atoms with E-state index in [2.05, 4.69) is 40.3 Å². The molecule has 0 amide bonds. The maximum atomic E-state index is 11.1. The Morgan fingerprint density at radius 3 is 2.38 bits per heavy atom. The summed E-state index contributed by atoms with van der Waals surface area (Å²) >= 11 is -1.78. The zero-order chi connectivity index (χ0) is 17.9. The lowest BCUT2D eigenvalue weighted by Crippen LogP contribution is -2.56. The number of hydrazine groups is 1. The fourth-order valence-corrected chi connectivity index (χ4v) is 4.03. The van der Waals surface area contributed by atoms with Gasteiger partial charge in [-0.1, -0.05) is 48.5 Å². The van der Waals surface area contributed by atoms with Gasteiger partial charge in [-0.15, -0.1) is 0 Å². The van der Waals surface area contributed by atoms with Crippen LogP contribution in [0.25, 0.3) is 0 Å². The summed E-state index contributed by atoms with van der Waals surface area (Å²) in [7, 11) is 0. The minimum atomic E-state index is -1.78. The van der Waals surface area contributed by atoms with E-state index >= 15 is 0 Å². The van der Waals surface area contributed by atoms with E-state index in [0.29, 0.717) is 0 Å². The minimum absolute atomic E-state index is 0.219. The number of piperazine rings is 1. The lowest BCUT2D eigenvalue weighted by atomic mass is 10.1. The Labute approximate surface area is 156 Å². The first-order chi connectivity index (χ1) is 12.7. The molecule has 0 spiro atoms. The quantitative estimate of drug-likeness (QED) is 0.837. The highest BCUT2D eigenvalue weighted by molar-refractivity contribution is 7.79. The average Bonchev–Trinajstić information content (AvgIpc) is 2.68. The van der Waals surface area contributed by atoms with E-state index in [1.165, 1.54) is 5.56 Å². The van der Waals surface area contributed by atoms with Crippen molar-refractivity contribution < 1.29 is 8.76 Å². The molecule has 4 rings (SSSR count).